The van der Waals surface area contributed by atoms with Crippen LogP contribution in [-0.2, 0) is 14.9 Å². The molecule has 1 atom stereocenters. The van der Waals surface area contributed by atoms with E-state index in [0.29, 0.717) is 24.8 Å². The Bertz CT molecular complexity index is 617. The van der Waals surface area contributed by atoms with Gasteiger partial charge in [0.2, 0.25) is 0 Å². The van der Waals surface area contributed by atoms with Gasteiger partial charge in [0.25, 0.3) is 0 Å². The fourth-order valence-corrected chi connectivity index (χ4v) is 3.29. The van der Waals surface area contributed by atoms with Crippen LogP contribution in [0, 0.1) is 5.92 Å². The first kappa shape index (κ1) is 19.5. The number of carbonyl (C=O) groups excluding carboxylic acids is 1. The van der Waals surface area contributed by atoms with E-state index in [1.807, 2.05) is 24.3 Å². The van der Waals surface area contributed by atoms with E-state index in [1.54, 1.807) is 14.0 Å². The van der Waals surface area contributed by atoms with Gasteiger partial charge in [0, 0.05) is 43.8 Å². The lowest BCUT2D eigenvalue weighted by atomic mass is 9.74. The van der Waals surface area contributed by atoms with Crippen LogP contribution < -0.4 is 5.32 Å². The van der Waals surface area contributed by atoms with Crippen LogP contribution in [0.2, 0.25) is 5.02 Å². The zero-order valence-electron chi connectivity index (χ0n) is 14.6. The number of carboxylic acids is 1. The van der Waals surface area contributed by atoms with Crippen molar-refractivity contribution in [2.75, 3.05) is 33.4 Å². The summed E-state index contributed by atoms with van der Waals surface area (Å²) in [4.78, 5) is 24.7. The molecule has 7 heteroatoms. The lowest BCUT2D eigenvalue weighted by molar-refractivity contribution is -0.141. The van der Waals surface area contributed by atoms with E-state index >= 15 is 0 Å². The smallest absolute Gasteiger partial charge is 0.317 e. The highest BCUT2D eigenvalue weighted by Gasteiger charge is 2.35. The zero-order valence-corrected chi connectivity index (χ0v) is 15.4. The number of urea groups is 1. The Morgan fingerprint density at radius 2 is 2.08 bits per heavy atom. The van der Waals surface area contributed by atoms with E-state index in [9.17, 15) is 9.59 Å². The lowest BCUT2D eigenvalue weighted by Gasteiger charge is -2.38. The van der Waals surface area contributed by atoms with Gasteiger partial charge in [-0.15, -0.1) is 0 Å². The highest BCUT2D eigenvalue weighted by molar-refractivity contribution is 6.30. The van der Waals surface area contributed by atoms with Gasteiger partial charge in [-0.2, -0.15) is 0 Å². The number of halogens is 1. The van der Waals surface area contributed by atoms with Crippen LogP contribution >= 0.6 is 11.6 Å². The summed E-state index contributed by atoms with van der Waals surface area (Å²) in [6.45, 7) is 3.47. The number of ether oxygens (including phenoxy) is 1. The van der Waals surface area contributed by atoms with Crippen molar-refractivity contribution in [3.05, 3.63) is 34.9 Å². The van der Waals surface area contributed by atoms with Crippen LogP contribution in [0.4, 0.5) is 4.79 Å². The molecular formula is C18H25ClN2O4. The average molecular weight is 369 g/mol. The molecule has 0 radical (unpaired) electrons. The van der Waals surface area contributed by atoms with Gasteiger partial charge in [-0.3, -0.25) is 4.79 Å². The maximum atomic E-state index is 12.3. The molecule has 1 fully saturated rings. The Kier molecular flexibility index (Phi) is 6.67. The molecule has 1 aliphatic heterocycles. The maximum Gasteiger partial charge on any atom is 0.317 e. The summed E-state index contributed by atoms with van der Waals surface area (Å²) in [5, 5.41) is 12.6. The molecule has 2 amide bonds. The molecule has 138 valence electrons. The summed E-state index contributed by atoms with van der Waals surface area (Å²) < 4.78 is 5.49. The van der Waals surface area contributed by atoms with Crippen LogP contribution in [-0.4, -0.2) is 55.4 Å². The molecule has 1 aromatic rings. The molecule has 6 nitrogen and oxygen atoms in total. The SMILES string of the molecule is CC(CN(C)C(=O)NCC1(c2cccc(Cl)c2)CCOCC1)C(=O)O. The van der Waals surface area contributed by atoms with E-state index < -0.39 is 11.9 Å². The quantitative estimate of drug-likeness (QED) is 0.809. The van der Waals surface area contributed by atoms with Crippen molar-refractivity contribution < 1.29 is 19.4 Å². The molecule has 0 aliphatic carbocycles. The second kappa shape index (κ2) is 8.54. The van der Waals surface area contributed by atoms with E-state index in [1.165, 1.54) is 4.90 Å². The third-order valence-electron chi connectivity index (χ3n) is 4.78. The molecule has 0 bridgehead atoms. The van der Waals surface area contributed by atoms with Crippen molar-refractivity contribution in [1.29, 1.82) is 0 Å². The standard InChI is InChI=1S/C18H25ClN2O4/c1-13(16(22)23)11-21(2)17(24)20-12-18(6-8-25-9-7-18)14-4-3-5-15(19)10-14/h3-5,10,13H,6-9,11-12H2,1-2H3,(H,20,24)(H,22,23). The molecule has 2 N–H and O–H groups in total. The second-order valence-electron chi connectivity index (χ2n) is 6.68. The van der Waals surface area contributed by atoms with Crippen molar-refractivity contribution in [1.82, 2.24) is 10.2 Å². The Morgan fingerprint density at radius 1 is 1.40 bits per heavy atom. The predicted octanol–water partition coefficient (Wildman–Crippen LogP) is 2.75. The second-order valence-corrected chi connectivity index (χ2v) is 7.12. The molecule has 2 rings (SSSR count). The first-order valence-corrected chi connectivity index (χ1v) is 8.77. The number of nitrogens with one attached hydrogen (secondary N) is 1. The molecule has 0 aromatic heterocycles. The Hall–Kier alpha value is -1.79. The first-order chi connectivity index (χ1) is 11.8. The van der Waals surface area contributed by atoms with Gasteiger partial charge in [-0.1, -0.05) is 30.7 Å². The molecule has 0 spiro atoms. The minimum absolute atomic E-state index is 0.161. The molecule has 1 aromatic carbocycles. The van der Waals surface area contributed by atoms with Crippen molar-refractivity contribution in [2.45, 2.75) is 25.2 Å². The monoisotopic (exact) mass is 368 g/mol. The number of hydrogen-bond acceptors (Lipinski definition) is 3. The largest absolute Gasteiger partial charge is 0.481 e. The Morgan fingerprint density at radius 3 is 2.68 bits per heavy atom. The average Bonchev–Trinajstić information content (AvgIpc) is 2.60. The fraction of sp³-hybridized carbons (Fsp3) is 0.556. The number of aliphatic carboxylic acids is 1. The van der Waals surface area contributed by atoms with E-state index in [0.717, 1.165) is 18.4 Å². The molecule has 1 heterocycles. The van der Waals surface area contributed by atoms with Crippen LogP contribution in [0.3, 0.4) is 0 Å². The van der Waals surface area contributed by atoms with Gasteiger partial charge in [0.15, 0.2) is 0 Å². The van der Waals surface area contributed by atoms with Crippen molar-refractivity contribution in [3.8, 4) is 0 Å². The van der Waals surface area contributed by atoms with Crippen molar-refractivity contribution in [2.24, 2.45) is 5.92 Å². The predicted molar refractivity (Wildman–Crippen MR) is 96.0 cm³/mol. The molecule has 0 saturated carbocycles. The molecule has 1 unspecified atom stereocenters. The number of benzene rings is 1. The van der Waals surface area contributed by atoms with Crippen molar-refractivity contribution >= 4 is 23.6 Å². The van der Waals surface area contributed by atoms with Gasteiger partial charge in [0.05, 0.1) is 5.92 Å². The molecule has 1 saturated heterocycles. The topological polar surface area (TPSA) is 78.9 Å². The van der Waals surface area contributed by atoms with Crippen LogP contribution in [0.25, 0.3) is 0 Å². The minimum Gasteiger partial charge on any atom is -0.481 e. The summed E-state index contributed by atoms with van der Waals surface area (Å²) in [5.41, 5.74) is 0.864. The number of amides is 2. The summed E-state index contributed by atoms with van der Waals surface area (Å²) in [6, 6.07) is 7.44. The first-order valence-electron chi connectivity index (χ1n) is 8.40. The number of carbonyl (C=O) groups is 2. The Labute approximate surface area is 153 Å². The third kappa shape index (κ3) is 5.09. The zero-order chi connectivity index (χ0) is 18.4. The van der Waals surface area contributed by atoms with Gasteiger partial charge in [-0.05, 0) is 30.5 Å². The minimum atomic E-state index is -0.917. The summed E-state index contributed by atoms with van der Waals surface area (Å²) in [7, 11) is 1.60. The van der Waals surface area contributed by atoms with Crippen LogP contribution in [0.5, 0.6) is 0 Å². The van der Waals surface area contributed by atoms with Gasteiger partial charge < -0.3 is 20.1 Å². The number of rotatable bonds is 6. The maximum absolute atomic E-state index is 12.3. The number of carboxylic acid groups (broad SMARTS) is 1. The Balaban J connectivity index is 2.05. The molecule has 1 aliphatic rings. The highest BCUT2D eigenvalue weighted by atomic mass is 35.5. The lowest BCUT2D eigenvalue weighted by Crippen LogP contribution is -2.48. The van der Waals surface area contributed by atoms with Gasteiger partial charge in [-0.25, -0.2) is 4.79 Å². The van der Waals surface area contributed by atoms with Crippen LogP contribution in [0.15, 0.2) is 24.3 Å². The normalized spacial score (nSPS) is 17.6. The number of hydrogen-bond donors (Lipinski definition) is 2. The van der Waals surface area contributed by atoms with E-state index in [-0.39, 0.29) is 18.0 Å². The van der Waals surface area contributed by atoms with Crippen LogP contribution in [0.1, 0.15) is 25.3 Å². The van der Waals surface area contributed by atoms with Gasteiger partial charge >= 0.3 is 12.0 Å². The fourth-order valence-electron chi connectivity index (χ4n) is 3.10. The third-order valence-corrected chi connectivity index (χ3v) is 5.02. The van der Waals surface area contributed by atoms with Crippen molar-refractivity contribution in [3.63, 3.8) is 0 Å². The van der Waals surface area contributed by atoms with E-state index in [4.69, 9.17) is 21.4 Å². The summed E-state index contributed by atoms with van der Waals surface area (Å²) >= 11 is 6.14. The summed E-state index contributed by atoms with van der Waals surface area (Å²) in [5.74, 6) is -1.53. The number of nitrogens with zero attached hydrogens (tertiary/aromatic N) is 1. The summed E-state index contributed by atoms with van der Waals surface area (Å²) in [6.07, 6.45) is 1.59. The van der Waals surface area contributed by atoms with Gasteiger partial charge in [0.1, 0.15) is 0 Å². The highest BCUT2D eigenvalue weighted by Crippen LogP contribution is 2.35. The molecule has 25 heavy (non-hydrogen) atoms. The molecular weight excluding hydrogens is 344 g/mol. The van der Waals surface area contributed by atoms with E-state index in [2.05, 4.69) is 5.32 Å².